The van der Waals surface area contributed by atoms with E-state index in [0.717, 1.165) is 5.56 Å². The molecule has 0 spiro atoms. The van der Waals surface area contributed by atoms with E-state index in [2.05, 4.69) is 10.6 Å². The summed E-state index contributed by atoms with van der Waals surface area (Å²) in [5.41, 5.74) is 1.58. The van der Waals surface area contributed by atoms with E-state index in [9.17, 15) is 9.59 Å². The normalized spacial score (nSPS) is 11.1. The topological polar surface area (TPSA) is 82.0 Å². The molecule has 0 fully saturated rings. The summed E-state index contributed by atoms with van der Waals surface area (Å²) in [4.78, 5) is 24.5. The second kappa shape index (κ2) is 9.11. The van der Waals surface area contributed by atoms with Crippen molar-refractivity contribution in [2.45, 2.75) is 18.9 Å². The zero-order valence-corrected chi connectivity index (χ0v) is 13.2. The largest absolute Gasteiger partial charge is 0.341 e. The highest BCUT2D eigenvalue weighted by Gasteiger charge is 2.21. The standard InChI is InChI=1S/C19H19N3O2/c20-13-14-21-19(24)17(12-11-15-7-3-1-4-8-15)22-18(23)16-9-5-2-6-10-16/h1-10,17H,11-12,14H2,(H,21,24)(H,22,23)/t17-/m0/s1. The predicted molar refractivity (Wildman–Crippen MR) is 91.1 cm³/mol. The van der Waals surface area contributed by atoms with Crippen molar-refractivity contribution in [3.05, 3.63) is 71.8 Å². The maximum absolute atomic E-state index is 12.3. The first kappa shape index (κ1) is 17.2. The van der Waals surface area contributed by atoms with Gasteiger partial charge < -0.3 is 10.6 Å². The highest BCUT2D eigenvalue weighted by molar-refractivity contribution is 5.97. The molecule has 1 atom stereocenters. The minimum absolute atomic E-state index is 0.0815. The second-order valence-corrected chi connectivity index (χ2v) is 5.29. The lowest BCUT2D eigenvalue weighted by Crippen LogP contribution is -2.47. The average Bonchev–Trinajstić information content (AvgIpc) is 2.64. The van der Waals surface area contributed by atoms with Gasteiger partial charge in [-0.25, -0.2) is 0 Å². The third kappa shape index (κ3) is 5.25. The van der Waals surface area contributed by atoms with Gasteiger partial charge in [0.05, 0.1) is 6.07 Å². The van der Waals surface area contributed by atoms with Gasteiger partial charge in [0.1, 0.15) is 12.6 Å². The molecule has 0 aliphatic carbocycles. The Balaban J connectivity index is 2.03. The van der Waals surface area contributed by atoms with Crippen LogP contribution in [0.5, 0.6) is 0 Å². The molecule has 0 heterocycles. The summed E-state index contributed by atoms with van der Waals surface area (Å²) < 4.78 is 0. The number of nitriles is 1. The van der Waals surface area contributed by atoms with E-state index in [-0.39, 0.29) is 18.4 Å². The molecule has 2 rings (SSSR count). The van der Waals surface area contributed by atoms with Crippen LogP contribution in [0.4, 0.5) is 0 Å². The van der Waals surface area contributed by atoms with E-state index < -0.39 is 6.04 Å². The van der Waals surface area contributed by atoms with Gasteiger partial charge in [-0.15, -0.1) is 0 Å². The van der Waals surface area contributed by atoms with Crippen molar-refractivity contribution in [1.82, 2.24) is 10.6 Å². The summed E-state index contributed by atoms with van der Waals surface area (Å²) in [5, 5.41) is 13.9. The van der Waals surface area contributed by atoms with Crippen LogP contribution in [0.3, 0.4) is 0 Å². The van der Waals surface area contributed by atoms with Crippen molar-refractivity contribution < 1.29 is 9.59 Å². The van der Waals surface area contributed by atoms with Crippen molar-refractivity contribution in [2.24, 2.45) is 0 Å². The van der Waals surface area contributed by atoms with Crippen molar-refractivity contribution in [3.63, 3.8) is 0 Å². The Hall–Kier alpha value is -3.13. The zero-order chi connectivity index (χ0) is 17.2. The fraction of sp³-hybridized carbons (Fsp3) is 0.211. The zero-order valence-electron chi connectivity index (χ0n) is 13.2. The van der Waals surface area contributed by atoms with E-state index >= 15 is 0 Å². The van der Waals surface area contributed by atoms with Crippen LogP contribution in [0.15, 0.2) is 60.7 Å². The molecule has 2 amide bonds. The van der Waals surface area contributed by atoms with Gasteiger partial charge in [-0.1, -0.05) is 48.5 Å². The Labute approximate surface area is 141 Å². The molecule has 2 aromatic rings. The third-order valence-electron chi connectivity index (χ3n) is 3.56. The van der Waals surface area contributed by atoms with Gasteiger partial charge >= 0.3 is 0 Å². The number of carbonyl (C=O) groups is 2. The number of amides is 2. The van der Waals surface area contributed by atoms with E-state index in [4.69, 9.17) is 5.26 Å². The molecule has 0 aliphatic heterocycles. The quantitative estimate of drug-likeness (QED) is 0.766. The van der Waals surface area contributed by atoms with Gasteiger partial charge in [0, 0.05) is 5.56 Å². The molecule has 5 nitrogen and oxygen atoms in total. The van der Waals surface area contributed by atoms with Gasteiger partial charge in [0.15, 0.2) is 0 Å². The van der Waals surface area contributed by atoms with Crippen LogP contribution in [0.25, 0.3) is 0 Å². The fourth-order valence-corrected chi connectivity index (χ4v) is 2.31. The van der Waals surface area contributed by atoms with Crippen LogP contribution < -0.4 is 10.6 Å². The average molecular weight is 321 g/mol. The molecule has 0 saturated heterocycles. The van der Waals surface area contributed by atoms with Crippen LogP contribution in [-0.2, 0) is 11.2 Å². The predicted octanol–water partition coefficient (Wildman–Crippen LogP) is 2.06. The number of nitrogens with zero attached hydrogens (tertiary/aromatic N) is 1. The van der Waals surface area contributed by atoms with Gasteiger partial charge in [-0.3, -0.25) is 9.59 Å². The van der Waals surface area contributed by atoms with Crippen molar-refractivity contribution in [3.8, 4) is 6.07 Å². The summed E-state index contributed by atoms with van der Waals surface area (Å²) in [6, 6.07) is 19.7. The maximum Gasteiger partial charge on any atom is 0.251 e. The molecule has 0 saturated carbocycles. The van der Waals surface area contributed by atoms with Crippen LogP contribution in [0.1, 0.15) is 22.3 Å². The Morgan fingerprint density at radius 2 is 1.62 bits per heavy atom. The number of rotatable bonds is 7. The fourth-order valence-electron chi connectivity index (χ4n) is 2.31. The molecular formula is C19H19N3O2. The smallest absolute Gasteiger partial charge is 0.251 e. The molecule has 0 radical (unpaired) electrons. The van der Waals surface area contributed by atoms with Crippen LogP contribution >= 0.6 is 0 Å². The number of carbonyl (C=O) groups excluding carboxylic acids is 2. The lowest BCUT2D eigenvalue weighted by Gasteiger charge is -2.18. The SMILES string of the molecule is N#CCNC(=O)[C@H](CCc1ccccc1)NC(=O)c1ccccc1. The lowest BCUT2D eigenvalue weighted by atomic mass is 10.0. The van der Waals surface area contributed by atoms with Crippen molar-refractivity contribution in [2.75, 3.05) is 6.54 Å². The summed E-state index contributed by atoms with van der Waals surface area (Å²) >= 11 is 0. The number of benzene rings is 2. The Bertz CT molecular complexity index is 708. The summed E-state index contributed by atoms with van der Waals surface area (Å²) in [6.45, 7) is -0.0815. The molecule has 0 aromatic heterocycles. The first-order valence-corrected chi connectivity index (χ1v) is 7.75. The Morgan fingerprint density at radius 1 is 1.00 bits per heavy atom. The highest BCUT2D eigenvalue weighted by atomic mass is 16.2. The first-order chi connectivity index (χ1) is 11.7. The number of hydrogen-bond donors (Lipinski definition) is 2. The summed E-state index contributed by atoms with van der Waals surface area (Å²) in [7, 11) is 0. The number of hydrogen-bond acceptors (Lipinski definition) is 3. The van der Waals surface area contributed by atoms with E-state index in [0.29, 0.717) is 18.4 Å². The molecule has 0 unspecified atom stereocenters. The molecule has 24 heavy (non-hydrogen) atoms. The molecule has 2 aromatic carbocycles. The van der Waals surface area contributed by atoms with Crippen LogP contribution in [0.2, 0.25) is 0 Å². The van der Waals surface area contributed by atoms with Gasteiger partial charge in [0.25, 0.3) is 5.91 Å². The molecule has 0 bridgehead atoms. The molecule has 0 aliphatic rings. The van der Waals surface area contributed by atoms with E-state index in [1.165, 1.54) is 0 Å². The first-order valence-electron chi connectivity index (χ1n) is 7.75. The van der Waals surface area contributed by atoms with Crippen molar-refractivity contribution >= 4 is 11.8 Å². The Morgan fingerprint density at radius 3 is 2.25 bits per heavy atom. The molecular weight excluding hydrogens is 302 g/mol. The monoisotopic (exact) mass is 321 g/mol. The third-order valence-corrected chi connectivity index (χ3v) is 3.56. The highest BCUT2D eigenvalue weighted by Crippen LogP contribution is 2.07. The van der Waals surface area contributed by atoms with Gasteiger partial charge in [0.2, 0.25) is 5.91 Å². The summed E-state index contributed by atoms with van der Waals surface area (Å²) in [5.74, 6) is -0.655. The minimum Gasteiger partial charge on any atom is -0.341 e. The van der Waals surface area contributed by atoms with Crippen LogP contribution in [-0.4, -0.2) is 24.4 Å². The number of nitrogens with one attached hydrogen (secondary N) is 2. The molecule has 5 heteroatoms. The van der Waals surface area contributed by atoms with Crippen molar-refractivity contribution in [1.29, 1.82) is 5.26 Å². The molecule has 2 N–H and O–H groups in total. The molecule has 122 valence electrons. The minimum atomic E-state index is -0.689. The van der Waals surface area contributed by atoms with Gasteiger partial charge in [-0.2, -0.15) is 5.26 Å². The van der Waals surface area contributed by atoms with Gasteiger partial charge in [-0.05, 0) is 30.5 Å². The Kier molecular flexibility index (Phi) is 6.54. The van der Waals surface area contributed by atoms with E-state index in [1.807, 2.05) is 42.5 Å². The second-order valence-electron chi connectivity index (χ2n) is 5.29. The lowest BCUT2D eigenvalue weighted by molar-refractivity contribution is -0.122. The summed E-state index contributed by atoms with van der Waals surface area (Å²) in [6.07, 6.45) is 1.11. The maximum atomic E-state index is 12.3. The number of aryl methyl sites for hydroxylation is 1. The van der Waals surface area contributed by atoms with E-state index in [1.54, 1.807) is 24.3 Å². The van der Waals surface area contributed by atoms with Crippen LogP contribution in [0, 0.1) is 11.3 Å².